The SMILES string of the molecule is C=CCNC(=O)C(CC(C)[N+](C)(C)C)(c1ccccc1)c1ccccc1.[Br-]. The first-order chi connectivity index (χ1) is 12.3. The molecule has 0 fully saturated rings. The lowest BCUT2D eigenvalue weighted by atomic mass is 9.69. The van der Waals surface area contributed by atoms with Crippen molar-refractivity contribution in [2.45, 2.75) is 24.8 Å². The third-order valence-corrected chi connectivity index (χ3v) is 5.25. The molecule has 0 aromatic heterocycles. The third-order valence-electron chi connectivity index (χ3n) is 5.25. The van der Waals surface area contributed by atoms with Crippen LogP contribution in [-0.4, -0.2) is 44.1 Å². The summed E-state index contributed by atoms with van der Waals surface area (Å²) in [6, 6.07) is 20.5. The number of nitrogens with zero attached hydrogens (tertiary/aromatic N) is 1. The van der Waals surface area contributed by atoms with Crippen molar-refractivity contribution >= 4 is 5.91 Å². The second-order valence-electron chi connectivity index (χ2n) is 7.81. The maximum absolute atomic E-state index is 13.5. The molecule has 0 saturated carbocycles. The van der Waals surface area contributed by atoms with Crippen LogP contribution in [0.15, 0.2) is 73.3 Å². The first-order valence-corrected chi connectivity index (χ1v) is 9.13. The van der Waals surface area contributed by atoms with Crippen molar-refractivity contribution in [3.8, 4) is 0 Å². The molecule has 0 heterocycles. The highest BCUT2D eigenvalue weighted by molar-refractivity contribution is 5.92. The topological polar surface area (TPSA) is 29.1 Å². The zero-order valence-electron chi connectivity index (χ0n) is 16.8. The minimum absolute atomic E-state index is 0. The van der Waals surface area contributed by atoms with E-state index in [-0.39, 0.29) is 28.9 Å². The van der Waals surface area contributed by atoms with Crippen LogP contribution in [0.25, 0.3) is 0 Å². The van der Waals surface area contributed by atoms with Crippen LogP contribution in [0.2, 0.25) is 0 Å². The molecule has 2 aromatic carbocycles. The van der Waals surface area contributed by atoms with Gasteiger partial charge < -0.3 is 26.8 Å². The fourth-order valence-electron chi connectivity index (χ4n) is 3.24. The number of rotatable bonds is 8. The molecule has 3 nitrogen and oxygen atoms in total. The van der Waals surface area contributed by atoms with Gasteiger partial charge in [-0.2, -0.15) is 0 Å². The molecule has 1 N–H and O–H groups in total. The molecular weight excluding hydrogens is 400 g/mol. The van der Waals surface area contributed by atoms with Gasteiger partial charge in [-0.25, -0.2) is 0 Å². The highest BCUT2D eigenvalue weighted by Gasteiger charge is 2.45. The monoisotopic (exact) mass is 430 g/mol. The zero-order chi connectivity index (χ0) is 19.2. The van der Waals surface area contributed by atoms with E-state index in [2.05, 4.69) is 64.2 Å². The van der Waals surface area contributed by atoms with E-state index in [9.17, 15) is 4.79 Å². The van der Waals surface area contributed by atoms with E-state index in [4.69, 9.17) is 0 Å². The Labute approximate surface area is 174 Å². The van der Waals surface area contributed by atoms with E-state index >= 15 is 0 Å². The van der Waals surface area contributed by atoms with Crippen molar-refractivity contribution in [1.82, 2.24) is 5.32 Å². The summed E-state index contributed by atoms with van der Waals surface area (Å²) in [6.45, 7) is 6.41. The summed E-state index contributed by atoms with van der Waals surface area (Å²) in [7, 11) is 6.52. The first-order valence-electron chi connectivity index (χ1n) is 9.13. The Balaban J connectivity index is 0.00000364. The summed E-state index contributed by atoms with van der Waals surface area (Å²) >= 11 is 0. The molecule has 0 spiro atoms. The average Bonchev–Trinajstić information content (AvgIpc) is 2.64. The van der Waals surface area contributed by atoms with Crippen LogP contribution < -0.4 is 22.3 Å². The molecule has 146 valence electrons. The average molecular weight is 431 g/mol. The van der Waals surface area contributed by atoms with Gasteiger partial charge in [-0.15, -0.1) is 6.58 Å². The number of benzene rings is 2. The summed E-state index contributed by atoms with van der Waals surface area (Å²) in [5.74, 6) is 0.0232. The molecule has 2 aromatic rings. The quantitative estimate of drug-likeness (QED) is 0.486. The Morgan fingerprint density at radius 2 is 1.48 bits per heavy atom. The smallest absolute Gasteiger partial charge is 0.235 e. The van der Waals surface area contributed by atoms with Gasteiger partial charge in [0.05, 0.1) is 27.2 Å². The second-order valence-corrected chi connectivity index (χ2v) is 7.81. The Morgan fingerprint density at radius 1 is 1.04 bits per heavy atom. The highest BCUT2D eigenvalue weighted by Crippen LogP contribution is 2.38. The van der Waals surface area contributed by atoms with Crippen molar-refractivity contribution in [2.75, 3.05) is 27.7 Å². The minimum Gasteiger partial charge on any atom is -1.00 e. The molecule has 1 unspecified atom stereocenters. The molecular formula is C23H31BrN2O. The summed E-state index contributed by atoms with van der Waals surface area (Å²) < 4.78 is 0.788. The number of amides is 1. The molecule has 1 amide bonds. The summed E-state index contributed by atoms with van der Waals surface area (Å²) in [5.41, 5.74) is 1.30. The van der Waals surface area contributed by atoms with Gasteiger partial charge in [0.15, 0.2) is 0 Å². The highest BCUT2D eigenvalue weighted by atomic mass is 79.9. The van der Waals surface area contributed by atoms with Crippen molar-refractivity contribution in [3.63, 3.8) is 0 Å². The van der Waals surface area contributed by atoms with Gasteiger partial charge in [-0.3, -0.25) is 4.79 Å². The van der Waals surface area contributed by atoms with Crippen molar-refractivity contribution in [1.29, 1.82) is 0 Å². The van der Waals surface area contributed by atoms with Crippen LogP contribution in [0.5, 0.6) is 0 Å². The number of hydrogen-bond donors (Lipinski definition) is 1. The van der Waals surface area contributed by atoms with Crippen LogP contribution in [0.3, 0.4) is 0 Å². The number of quaternary nitrogens is 1. The summed E-state index contributed by atoms with van der Waals surface area (Å²) in [6.07, 6.45) is 2.44. The standard InChI is InChI=1S/C23H30N2O.BrH/c1-6-17-24-22(26)23(18-19(2)25(3,4)5,20-13-9-7-10-14-20)21-15-11-8-12-16-21;/h6-16,19H,1,17-18H2,2-5H3;1H. The molecule has 4 heteroatoms. The van der Waals surface area contributed by atoms with Gasteiger partial charge in [0.25, 0.3) is 0 Å². The van der Waals surface area contributed by atoms with Crippen LogP contribution in [0.4, 0.5) is 0 Å². The van der Waals surface area contributed by atoms with Crippen molar-refractivity contribution < 1.29 is 26.3 Å². The van der Waals surface area contributed by atoms with Crippen LogP contribution in [-0.2, 0) is 10.2 Å². The number of nitrogens with one attached hydrogen (secondary N) is 1. The Bertz CT molecular complexity index is 684. The van der Waals surface area contributed by atoms with E-state index in [0.717, 1.165) is 15.6 Å². The fraction of sp³-hybridized carbons (Fsp3) is 0.348. The lowest BCUT2D eigenvalue weighted by molar-refractivity contribution is -0.894. The van der Waals surface area contributed by atoms with E-state index in [0.29, 0.717) is 13.0 Å². The summed E-state index contributed by atoms with van der Waals surface area (Å²) in [5, 5.41) is 3.06. The van der Waals surface area contributed by atoms with E-state index in [1.54, 1.807) is 6.08 Å². The van der Waals surface area contributed by atoms with Crippen molar-refractivity contribution in [3.05, 3.63) is 84.4 Å². The maximum atomic E-state index is 13.5. The molecule has 0 bridgehead atoms. The maximum Gasteiger partial charge on any atom is 0.235 e. The largest absolute Gasteiger partial charge is 1.00 e. The summed E-state index contributed by atoms with van der Waals surface area (Å²) in [4.78, 5) is 13.5. The van der Waals surface area contributed by atoms with Crippen LogP contribution in [0.1, 0.15) is 24.5 Å². The predicted molar refractivity (Wildman–Crippen MR) is 109 cm³/mol. The van der Waals surface area contributed by atoms with Gasteiger partial charge in [-0.1, -0.05) is 66.7 Å². The van der Waals surface area contributed by atoms with E-state index in [1.807, 2.05) is 36.4 Å². The molecule has 2 rings (SSSR count). The predicted octanol–water partition coefficient (Wildman–Crippen LogP) is 0.764. The molecule has 27 heavy (non-hydrogen) atoms. The molecule has 0 radical (unpaired) electrons. The molecule has 1 atom stereocenters. The number of carbonyl (C=O) groups is 1. The normalized spacial score (nSPS) is 12.6. The Hall–Kier alpha value is -1.91. The fourth-order valence-corrected chi connectivity index (χ4v) is 3.24. The van der Waals surface area contributed by atoms with Gasteiger partial charge in [0, 0.05) is 13.0 Å². The Morgan fingerprint density at radius 3 is 1.85 bits per heavy atom. The van der Waals surface area contributed by atoms with Gasteiger partial charge >= 0.3 is 0 Å². The third kappa shape index (κ3) is 5.30. The molecule has 0 saturated heterocycles. The number of carbonyl (C=O) groups excluding carboxylic acids is 1. The first kappa shape index (κ1) is 23.1. The number of halogens is 1. The van der Waals surface area contributed by atoms with E-state index < -0.39 is 5.41 Å². The number of hydrogen-bond acceptors (Lipinski definition) is 1. The van der Waals surface area contributed by atoms with Crippen molar-refractivity contribution in [2.24, 2.45) is 0 Å². The molecule has 0 aliphatic carbocycles. The van der Waals surface area contributed by atoms with Gasteiger partial charge in [-0.05, 0) is 18.1 Å². The van der Waals surface area contributed by atoms with E-state index in [1.165, 1.54) is 0 Å². The van der Waals surface area contributed by atoms with Crippen LogP contribution >= 0.6 is 0 Å². The Kier molecular flexibility index (Phi) is 8.45. The van der Waals surface area contributed by atoms with Gasteiger partial charge in [0.2, 0.25) is 5.91 Å². The molecule has 0 aliphatic heterocycles. The lowest BCUT2D eigenvalue weighted by Crippen LogP contribution is -3.00. The molecule has 0 aliphatic rings. The minimum atomic E-state index is -0.740. The zero-order valence-corrected chi connectivity index (χ0v) is 18.4. The van der Waals surface area contributed by atoms with Gasteiger partial charge in [0.1, 0.15) is 5.41 Å². The van der Waals surface area contributed by atoms with Crippen LogP contribution in [0, 0.1) is 0 Å². The second kappa shape index (κ2) is 9.86. The lowest BCUT2D eigenvalue weighted by Gasteiger charge is -2.40.